The molecule has 0 unspecified atom stereocenters. The third-order valence-electron chi connectivity index (χ3n) is 12.9. The molecule has 4 aromatic rings. The molecule has 2 aromatic carbocycles. The van der Waals surface area contributed by atoms with Crippen molar-refractivity contribution < 1.29 is 58.4 Å². The second kappa shape index (κ2) is 25.8. The van der Waals surface area contributed by atoms with E-state index in [1.54, 1.807) is 28.2 Å². The molecule has 4 amide bonds. The monoisotopic (exact) mass is 1060 g/mol. The van der Waals surface area contributed by atoms with Crippen LogP contribution < -0.4 is 16.4 Å². The van der Waals surface area contributed by atoms with Crippen molar-refractivity contribution >= 4 is 70.0 Å². The van der Waals surface area contributed by atoms with Crippen LogP contribution >= 0.6 is 22.7 Å². The Labute approximate surface area is 439 Å². The summed E-state index contributed by atoms with van der Waals surface area (Å²) in [6, 6.07) is 13.5. The standard InChI is InChI=1S/C27H35N3O6S.C22H30N4O3S.C4H4O3/c1-16-24(37-15-29-16)18-7-5-17(6-8-18)13-28-25(35)22-12-20(32)14-30(22)26(36)21(27(2,3)4)11-19(31)9-10-23(33)34;1-13-18(30-12-25-13)15-7-5-14(6-8-15)10-24-20(28)17-9-16(27)11-26(17)21(29)19(23)22(2,3)4;5-3-1-2-4(6)7-3/h5-8,15,20-22,32H,9-14H2,1-4H3,(H,28,35)(H,33,34);5-8,12,16-17,19,27H,9-11,23H2,1-4H3,(H,24,28);1-2H2/t20-,21-,22+;16-,17+,19-;/m11./s1. The molecule has 0 bridgehead atoms. The van der Waals surface area contributed by atoms with Gasteiger partial charge in [0.1, 0.15) is 17.9 Å². The maximum absolute atomic E-state index is 13.5. The first-order chi connectivity index (χ1) is 34.7. The second-order valence-electron chi connectivity index (χ2n) is 20.9. The van der Waals surface area contributed by atoms with Crippen LogP contribution in [-0.2, 0) is 56.2 Å². The molecule has 74 heavy (non-hydrogen) atoms. The first-order valence-electron chi connectivity index (χ1n) is 24.5. The van der Waals surface area contributed by atoms with Gasteiger partial charge in [-0.05, 0) is 46.9 Å². The predicted octanol–water partition coefficient (Wildman–Crippen LogP) is 5.10. The third-order valence-corrected chi connectivity index (χ3v) is 14.9. The van der Waals surface area contributed by atoms with Gasteiger partial charge in [-0.15, -0.1) is 22.7 Å². The van der Waals surface area contributed by atoms with E-state index >= 15 is 0 Å². The largest absolute Gasteiger partial charge is 0.481 e. The van der Waals surface area contributed by atoms with Crippen LogP contribution in [0.15, 0.2) is 59.6 Å². The average Bonchev–Trinajstić information content (AvgIpc) is 4.21. The summed E-state index contributed by atoms with van der Waals surface area (Å²) in [4.78, 5) is 109. The number of aliphatic hydroxyl groups is 2. The van der Waals surface area contributed by atoms with E-state index in [2.05, 4.69) is 25.3 Å². The summed E-state index contributed by atoms with van der Waals surface area (Å²) in [5.74, 6) is -4.23. The third kappa shape index (κ3) is 16.4. The number of aryl methyl sites for hydroxylation is 2. The van der Waals surface area contributed by atoms with Crippen molar-refractivity contribution in [3.63, 3.8) is 0 Å². The molecule has 0 radical (unpaired) electrons. The Morgan fingerprint density at radius 2 is 1.11 bits per heavy atom. The van der Waals surface area contributed by atoms with E-state index in [1.807, 2.05) is 109 Å². The van der Waals surface area contributed by atoms with Crippen LogP contribution in [0.1, 0.15) is 109 Å². The fourth-order valence-corrected chi connectivity index (χ4v) is 10.1. The van der Waals surface area contributed by atoms with Gasteiger partial charge >= 0.3 is 17.9 Å². The van der Waals surface area contributed by atoms with E-state index in [0.717, 1.165) is 43.4 Å². The lowest BCUT2D eigenvalue weighted by molar-refractivity contribution is -0.152. The first-order valence-corrected chi connectivity index (χ1v) is 26.2. The smallest absolute Gasteiger partial charge is 0.314 e. The number of carboxylic acids is 1. The van der Waals surface area contributed by atoms with Gasteiger partial charge in [-0.3, -0.25) is 38.4 Å². The maximum atomic E-state index is 13.5. The molecular weight excluding hydrogens is 991 g/mol. The molecule has 3 fully saturated rings. The first kappa shape index (κ1) is 58.6. The van der Waals surface area contributed by atoms with Gasteiger partial charge in [0.2, 0.25) is 23.6 Å². The van der Waals surface area contributed by atoms with Crippen LogP contribution in [0.4, 0.5) is 0 Å². The predicted molar refractivity (Wildman–Crippen MR) is 278 cm³/mol. The number of carboxylic acid groups (broad SMARTS) is 1. The van der Waals surface area contributed by atoms with Gasteiger partial charge in [-0.1, -0.05) is 90.1 Å². The van der Waals surface area contributed by atoms with Crippen LogP contribution in [0, 0.1) is 30.6 Å². The molecule has 3 aliphatic heterocycles. The number of aliphatic hydroxyl groups excluding tert-OH is 2. The number of aromatic nitrogens is 2. The number of nitrogens with two attached hydrogens (primary N) is 1. The maximum Gasteiger partial charge on any atom is 0.314 e. The number of nitrogens with one attached hydrogen (secondary N) is 2. The lowest BCUT2D eigenvalue weighted by Gasteiger charge is -2.34. The molecular formula is C53H69N7O12S2. The van der Waals surface area contributed by atoms with Crippen LogP contribution in [0.2, 0.25) is 0 Å². The Balaban J connectivity index is 0.000000245. The van der Waals surface area contributed by atoms with Crippen molar-refractivity contribution in [2.24, 2.45) is 22.5 Å². The number of rotatable bonds is 15. The van der Waals surface area contributed by atoms with E-state index in [0.29, 0.717) is 6.54 Å². The minimum atomic E-state index is -1.07. The highest BCUT2D eigenvalue weighted by molar-refractivity contribution is 7.13. The van der Waals surface area contributed by atoms with E-state index in [1.165, 1.54) is 9.80 Å². The molecule has 19 nitrogen and oxygen atoms in total. The molecule has 2 aromatic heterocycles. The van der Waals surface area contributed by atoms with E-state index in [-0.39, 0.29) is 94.0 Å². The molecule has 0 spiro atoms. The number of Topliss-reactive ketones (excluding diaryl/α,β-unsaturated/α-hetero) is 1. The van der Waals surface area contributed by atoms with Crippen molar-refractivity contribution in [2.75, 3.05) is 13.1 Å². The molecule has 7 N–H and O–H groups in total. The number of esters is 2. The zero-order valence-electron chi connectivity index (χ0n) is 43.2. The van der Waals surface area contributed by atoms with Gasteiger partial charge in [0.05, 0.1) is 69.7 Å². The minimum Gasteiger partial charge on any atom is -0.481 e. The van der Waals surface area contributed by atoms with Gasteiger partial charge in [0.25, 0.3) is 0 Å². The molecule has 0 aliphatic carbocycles. The van der Waals surface area contributed by atoms with Crippen LogP contribution in [-0.4, -0.2) is 126 Å². The lowest BCUT2D eigenvalue weighted by atomic mass is 9.76. The highest BCUT2D eigenvalue weighted by Gasteiger charge is 2.45. The van der Waals surface area contributed by atoms with E-state index in [9.17, 15) is 48.6 Å². The van der Waals surface area contributed by atoms with Crippen LogP contribution in [0.5, 0.6) is 0 Å². The number of thiazole rings is 2. The van der Waals surface area contributed by atoms with Crippen molar-refractivity contribution in [1.29, 1.82) is 0 Å². The number of cyclic esters (lactones) is 2. The quantitative estimate of drug-likeness (QED) is 0.0667. The molecule has 0 saturated carbocycles. The fourth-order valence-electron chi connectivity index (χ4n) is 8.45. The van der Waals surface area contributed by atoms with Crippen LogP contribution in [0.25, 0.3) is 20.9 Å². The molecule has 5 heterocycles. The number of β-amino-alcohol motifs (C(OH)–C–C–N with tert-alkyl or cyclic N) is 2. The number of benzene rings is 2. The number of aliphatic carboxylic acids is 1. The number of amides is 4. The molecule has 6 atom stereocenters. The Morgan fingerprint density at radius 3 is 1.45 bits per heavy atom. The van der Waals surface area contributed by atoms with Gasteiger partial charge in [-0.25, -0.2) is 9.97 Å². The number of nitrogens with zero attached hydrogens (tertiary/aromatic N) is 4. The number of ketones is 1. The van der Waals surface area contributed by atoms with E-state index in [4.69, 9.17) is 10.8 Å². The number of carbonyl (C=O) groups excluding carboxylic acids is 7. The van der Waals surface area contributed by atoms with Crippen molar-refractivity contribution in [3.8, 4) is 20.9 Å². The minimum absolute atomic E-state index is 0.00964. The van der Waals surface area contributed by atoms with Gasteiger partial charge in [-0.2, -0.15) is 0 Å². The lowest BCUT2D eigenvalue weighted by Crippen LogP contribution is -2.54. The number of ether oxygens (including phenoxy) is 1. The Kier molecular flexibility index (Phi) is 20.4. The summed E-state index contributed by atoms with van der Waals surface area (Å²) >= 11 is 3.17. The zero-order valence-corrected chi connectivity index (χ0v) is 44.8. The summed E-state index contributed by atoms with van der Waals surface area (Å²) in [5.41, 5.74) is 14.7. The van der Waals surface area contributed by atoms with Gasteiger partial charge < -0.3 is 46.2 Å². The SMILES string of the molecule is Cc1ncsc1-c1ccc(CNC(=O)[C@@H]2C[C@@H](O)CN2C(=O)[C@@H](CC(=O)CCC(=O)O)C(C)(C)C)cc1.Cc1ncsc1-c1ccc(CNC(=O)[C@@H]2C[C@@H](O)CN2C(=O)[C@@H](N)C(C)(C)C)cc1.O=C1CCC(=O)O1. The average molecular weight is 1060 g/mol. The summed E-state index contributed by atoms with van der Waals surface area (Å²) in [6.45, 7) is 15.8. The van der Waals surface area contributed by atoms with Crippen molar-refractivity contribution in [3.05, 3.63) is 82.1 Å². The zero-order chi connectivity index (χ0) is 54.7. The molecule has 7 rings (SSSR count). The highest BCUT2D eigenvalue weighted by atomic mass is 32.1. The summed E-state index contributed by atoms with van der Waals surface area (Å²) in [5, 5.41) is 35.0. The fraction of sp³-hybridized carbons (Fsp3) is 0.509. The van der Waals surface area contributed by atoms with Crippen molar-refractivity contribution in [2.45, 2.75) is 144 Å². The second-order valence-corrected chi connectivity index (χ2v) is 22.6. The number of likely N-dealkylation sites (tertiary alicyclic amines) is 2. The highest BCUT2D eigenvalue weighted by Crippen LogP contribution is 2.34. The molecule has 3 aliphatic rings. The Bertz CT molecular complexity index is 2620. The number of hydrogen-bond donors (Lipinski definition) is 6. The van der Waals surface area contributed by atoms with Gasteiger partial charge in [0.15, 0.2) is 0 Å². The summed E-state index contributed by atoms with van der Waals surface area (Å²) in [6.07, 6.45) is -1.25. The molecule has 3 saturated heterocycles. The van der Waals surface area contributed by atoms with Gasteiger partial charge in [0, 0.05) is 57.8 Å². The molecule has 400 valence electrons. The number of carbonyl (C=O) groups is 8. The van der Waals surface area contributed by atoms with E-state index < -0.39 is 65.0 Å². The topological polar surface area (TPSA) is 289 Å². The normalized spacial score (nSPS) is 19.3. The number of hydrogen-bond acceptors (Lipinski definition) is 16. The molecule has 21 heteroatoms. The van der Waals surface area contributed by atoms with Crippen molar-refractivity contribution in [1.82, 2.24) is 30.4 Å². The Morgan fingerprint density at radius 1 is 0.689 bits per heavy atom. The van der Waals surface area contributed by atoms with Crippen LogP contribution in [0.3, 0.4) is 0 Å². The summed E-state index contributed by atoms with van der Waals surface area (Å²) in [7, 11) is 0. The summed E-state index contributed by atoms with van der Waals surface area (Å²) < 4.78 is 4.08. The Hall–Kier alpha value is -6.26.